The third-order valence-electron chi connectivity index (χ3n) is 3.13. The largest absolute Gasteiger partial charge is 0.398 e. The van der Waals surface area contributed by atoms with Crippen LogP contribution in [0.1, 0.15) is 24.9 Å². The molecule has 1 unspecified atom stereocenters. The third-order valence-corrected chi connectivity index (χ3v) is 4.77. The van der Waals surface area contributed by atoms with Gasteiger partial charge >= 0.3 is 0 Å². The van der Waals surface area contributed by atoms with Crippen LogP contribution < -0.4 is 11.1 Å². The van der Waals surface area contributed by atoms with Crippen molar-refractivity contribution >= 4 is 33.4 Å². The molecule has 0 radical (unpaired) electrons. The van der Waals surface area contributed by atoms with Crippen molar-refractivity contribution < 1.29 is 0 Å². The molecule has 0 spiro atoms. The number of nitrogens with two attached hydrogens (primary N) is 1. The molecule has 0 aliphatic carbocycles. The molecular weight excluding hydrogens is 346 g/mol. The SMILES string of the molecule is CCCNC(CSc1ccc(Br)cc1)c1cnccc1N. The second kappa shape index (κ2) is 8.41. The van der Waals surface area contributed by atoms with Crippen molar-refractivity contribution in [2.24, 2.45) is 0 Å². The second-order valence-corrected chi connectivity index (χ2v) is 6.79. The molecule has 112 valence electrons. The average Bonchev–Trinajstić information content (AvgIpc) is 2.50. The summed E-state index contributed by atoms with van der Waals surface area (Å²) in [4.78, 5) is 5.46. The maximum atomic E-state index is 6.09. The zero-order valence-corrected chi connectivity index (χ0v) is 14.5. The van der Waals surface area contributed by atoms with Gasteiger partial charge in [-0.25, -0.2) is 0 Å². The average molecular weight is 366 g/mol. The first-order valence-corrected chi connectivity index (χ1v) is 8.79. The molecule has 21 heavy (non-hydrogen) atoms. The molecule has 0 amide bonds. The van der Waals surface area contributed by atoms with Crippen LogP contribution in [0, 0.1) is 0 Å². The number of nitrogens with one attached hydrogen (secondary N) is 1. The molecule has 1 aromatic carbocycles. The first-order chi connectivity index (χ1) is 10.2. The zero-order valence-electron chi connectivity index (χ0n) is 12.1. The maximum absolute atomic E-state index is 6.09. The highest BCUT2D eigenvalue weighted by Gasteiger charge is 2.14. The zero-order chi connectivity index (χ0) is 15.1. The Balaban J connectivity index is 2.06. The molecule has 2 rings (SSSR count). The number of thioether (sulfide) groups is 1. The van der Waals surface area contributed by atoms with Crippen LogP contribution in [-0.2, 0) is 0 Å². The Morgan fingerprint density at radius 3 is 2.71 bits per heavy atom. The number of rotatable bonds is 7. The van der Waals surface area contributed by atoms with Gasteiger partial charge in [0.2, 0.25) is 0 Å². The molecular formula is C16H20BrN3S. The smallest absolute Gasteiger partial charge is 0.0451 e. The van der Waals surface area contributed by atoms with Crippen LogP contribution in [0.2, 0.25) is 0 Å². The van der Waals surface area contributed by atoms with Gasteiger partial charge in [-0.1, -0.05) is 22.9 Å². The lowest BCUT2D eigenvalue weighted by atomic mass is 10.1. The Morgan fingerprint density at radius 2 is 2.05 bits per heavy atom. The van der Waals surface area contributed by atoms with E-state index in [-0.39, 0.29) is 6.04 Å². The molecule has 0 aliphatic heterocycles. The van der Waals surface area contributed by atoms with E-state index in [0.29, 0.717) is 0 Å². The van der Waals surface area contributed by atoms with Crippen molar-refractivity contribution in [3.05, 3.63) is 52.8 Å². The summed E-state index contributed by atoms with van der Waals surface area (Å²) in [6.07, 6.45) is 4.70. The molecule has 1 atom stereocenters. The molecule has 2 aromatic rings. The summed E-state index contributed by atoms with van der Waals surface area (Å²) in [5.41, 5.74) is 7.97. The lowest BCUT2D eigenvalue weighted by Crippen LogP contribution is -2.25. The third kappa shape index (κ3) is 5.02. The Bertz CT molecular complexity index is 560. The van der Waals surface area contributed by atoms with Gasteiger partial charge in [-0.05, 0) is 43.3 Å². The molecule has 5 heteroatoms. The van der Waals surface area contributed by atoms with Crippen molar-refractivity contribution in [1.82, 2.24) is 10.3 Å². The van der Waals surface area contributed by atoms with Crippen LogP contribution in [-0.4, -0.2) is 17.3 Å². The number of benzene rings is 1. The molecule has 0 saturated carbocycles. The van der Waals surface area contributed by atoms with Crippen LogP contribution in [0.15, 0.2) is 52.1 Å². The lowest BCUT2D eigenvalue weighted by Gasteiger charge is -2.20. The van der Waals surface area contributed by atoms with Crippen LogP contribution in [0.25, 0.3) is 0 Å². The summed E-state index contributed by atoms with van der Waals surface area (Å²) in [5, 5.41) is 3.56. The van der Waals surface area contributed by atoms with Crippen LogP contribution in [0.4, 0.5) is 5.69 Å². The summed E-state index contributed by atoms with van der Waals surface area (Å²) < 4.78 is 1.10. The highest BCUT2D eigenvalue weighted by atomic mass is 79.9. The number of hydrogen-bond donors (Lipinski definition) is 2. The second-order valence-electron chi connectivity index (χ2n) is 4.78. The Hall–Kier alpha value is -1.04. The van der Waals surface area contributed by atoms with E-state index in [1.807, 2.05) is 24.0 Å². The van der Waals surface area contributed by atoms with Gasteiger partial charge < -0.3 is 11.1 Å². The van der Waals surface area contributed by atoms with E-state index in [4.69, 9.17) is 5.73 Å². The highest BCUT2D eigenvalue weighted by Crippen LogP contribution is 2.28. The summed E-state index contributed by atoms with van der Waals surface area (Å²) in [5.74, 6) is 0.928. The summed E-state index contributed by atoms with van der Waals surface area (Å²) >= 11 is 5.28. The molecule has 0 fully saturated rings. The minimum atomic E-state index is 0.215. The number of pyridine rings is 1. The maximum Gasteiger partial charge on any atom is 0.0451 e. The van der Waals surface area contributed by atoms with Gasteiger partial charge in [0.25, 0.3) is 0 Å². The predicted molar refractivity (Wildman–Crippen MR) is 94.6 cm³/mol. The molecule has 3 N–H and O–H groups in total. The predicted octanol–water partition coefficient (Wildman–Crippen LogP) is 4.26. The summed E-state index contributed by atoms with van der Waals surface area (Å²) in [6, 6.07) is 10.5. The first-order valence-electron chi connectivity index (χ1n) is 7.02. The number of aromatic nitrogens is 1. The quantitative estimate of drug-likeness (QED) is 0.719. The molecule has 0 saturated heterocycles. The summed E-state index contributed by atoms with van der Waals surface area (Å²) in [7, 11) is 0. The van der Waals surface area contributed by atoms with Gasteiger partial charge in [0.05, 0.1) is 0 Å². The first kappa shape index (κ1) is 16.3. The Morgan fingerprint density at radius 1 is 1.29 bits per heavy atom. The van der Waals surface area contributed by atoms with Crippen LogP contribution in [0.3, 0.4) is 0 Å². The van der Waals surface area contributed by atoms with Crippen molar-refractivity contribution in [2.75, 3.05) is 18.0 Å². The monoisotopic (exact) mass is 365 g/mol. The van der Waals surface area contributed by atoms with Crippen LogP contribution >= 0.6 is 27.7 Å². The number of nitrogen functional groups attached to an aromatic ring is 1. The van der Waals surface area contributed by atoms with E-state index < -0.39 is 0 Å². The number of nitrogens with zero attached hydrogens (tertiary/aromatic N) is 1. The molecule has 0 aliphatic rings. The molecule has 3 nitrogen and oxygen atoms in total. The fraction of sp³-hybridized carbons (Fsp3) is 0.312. The summed E-state index contributed by atoms with van der Waals surface area (Å²) in [6.45, 7) is 3.14. The highest BCUT2D eigenvalue weighted by molar-refractivity contribution is 9.10. The van der Waals surface area contributed by atoms with E-state index in [1.54, 1.807) is 6.20 Å². The van der Waals surface area contributed by atoms with E-state index in [0.717, 1.165) is 34.4 Å². The van der Waals surface area contributed by atoms with E-state index >= 15 is 0 Å². The number of hydrogen-bond acceptors (Lipinski definition) is 4. The fourth-order valence-electron chi connectivity index (χ4n) is 2.00. The van der Waals surface area contributed by atoms with Gasteiger partial charge in [0.1, 0.15) is 0 Å². The minimum Gasteiger partial charge on any atom is -0.398 e. The molecule has 0 bridgehead atoms. The number of halogens is 1. The van der Waals surface area contributed by atoms with Crippen LogP contribution in [0.5, 0.6) is 0 Å². The minimum absolute atomic E-state index is 0.215. The molecule has 1 heterocycles. The normalized spacial score (nSPS) is 12.3. The number of anilines is 1. The Labute approximate surface area is 138 Å². The van der Waals surface area contributed by atoms with Gasteiger partial charge in [0, 0.05) is 44.8 Å². The lowest BCUT2D eigenvalue weighted by molar-refractivity contribution is 0.577. The standard InChI is InChI=1S/C16H20BrN3S/c1-2-8-20-16(14-10-19-9-7-15(14)18)11-21-13-5-3-12(17)4-6-13/h3-7,9-10,16,20H,2,8,11H2,1H3,(H2,18,19). The topological polar surface area (TPSA) is 50.9 Å². The van der Waals surface area contributed by atoms with E-state index in [2.05, 4.69) is 57.4 Å². The van der Waals surface area contributed by atoms with Gasteiger partial charge in [0.15, 0.2) is 0 Å². The van der Waals surface area contributed by atoms with Gasteiger partial charge in [-0.2, -0.15) is 0 Å². The van der Waals surface area contributed by atoms with Gasteiger partial charge in [-0.3, -0.25) is 4.98 Å². The van der Waals surface area contributed by atoms with E-state index in [9.17, 15) is 0 Å². The van der Waals surface area contributed by atoms with Crippen molar-refractivity contribution in [1.29, 1.82) is 0 Å². The van der Waals surface area contributed by atoms with Crippen molar-refractivity contribution in [3.8, 4) is 0 Å². The van der Waals surface area contributed by atoms with Crippen molar-refractivity contribution in [2.45, 2.75) is 24.3 Å². The Kier molecular flexibility index (Phi) is 6.54. The van der Waals surface area contributed by atoms with Gasteiger partial charge in [-0.15, -0.1) is 11.8 Å². The van der Waals surface area contributed by atoms with E-state index in [1.165, 1.54) is 4.90 Å². The molecule has 1 aromatic heterocycles. The fourth-order valence-corrected chi connectivity index (χ4v) is 3.25. The van der Waals surface area contributed by atoms with Crippen molar-refractivity contribution in [3.63, 3.8) is 0 Å².